The molecule has 6 nitrogen and oxygen atoms in total. The van der Waals surface area contributed by atoms with E-state index in [1.165, 1.54) is 14.2 Å². The van der Waals surface area contributed by atoms with Crippen molar-refractivity contribution in [2.45, 2.75) is 19.3 Å². The molecule has 0 radical (unpaired) electrons. The quantitative estimate of drug-likeness (QED) is 0.622. The Hall–Kier alpha value is -2.93. The van der Waals surface area contributed by atoms with Gasteiger partial charge >= 0.3 is 5.97 Å². The summed E-state index contributed by atoms with van der Waals surface area (Å²) in [5, 5.41) is 3.79. The molecule has 0 unspecified atom stereocenters. The van der Waals surface area contributed by atoms with Crippen LogP contribution in [0, 0.1) is 0 Å². The second-order valence-corrected chi connectivity index (χ2v) is 7.00. The molecule has 7 heteroatoms. The number of aryl methyl sites for hydroxylation is 1. The highest BCUT2D eigenvalue weighted by Crippen LogP contribution is 2.24. The number of nitrogens with one attached hydrogen (secondary N) is 1. The molecule has 3 aromatic rings. The molecule has 140 valence electrons. The summed E-state index contributed by atoms with van der Waals surface area (Å²) < 4.78 is 11.0. The SMILES string of the molecule is COC(=O)c1cc(OC)ccc1NC(=O)CCCc1nc2ccccc2s1. The molecule has 1 aromatic heterocycles. The predicted octanol–water partition coefficient (Wildman–Crippen LogP) is 4.05. The first-order valence-electron chi connectivity index (χ1n) is 8.51. The molecule has 0 aliphatic heterocycles. The molecule has 2 aromatic carbocycles. The maximum Gasteiger partial charge on any atom is 0.340 e. The van der Waals surface area contributed by atoms with Gasteiger partial charge in [-0.15, -0.1) is 11.3 Å². The standard InChI is InChI=1S/C20H20N2O4S/c1-25-13-10-11-15(14(12-13)20(24)26-2)21-18(23)8-5-9-19-22-16-6-3-4-7-17(16)27-19/h3-4,6-7,10-12H,5,8-9H2,1-2H3,(H,21,23). The zero-order valence-electron chi connectivity index (χ0n) is 15.2. The van der Waals surface area contributed by atoms with Crippen LogP contribution in [0.25, 0.3) is 10.2 Å². The van der Waals surface area contributed by atoms with E-state index in [0.717, 1.165) is 21.6 Å². The molecule has 0 atom stereocenters. The van der Waals surface area contributed by atoms with E-state index in [2.05, 4.69) is 10.3 Å². The van der Waals surface area contributed by atoms with Gasteiger partial charge in [-0.25, -0.2) is 9.78 Å². The normalized spacial score (nSPS) is 10.6. The van der Waals surface area contributed by atoms with Gasteiger partial charge in [-0.3, -0.25) is 4.79 Å². The van der Waals surface area contributed by atoms with Gasteiger partial charge in [0, 0.05) is 6.42 Å². The van der Waals surface area contributed by atoms with Crippen LogP contribution in [-0.2, 0) is 16.0 Å². The van der Waals surface area contributed by atoms with Crippen molar-refractivity contribution in [3.05, 3.63) is 53.0 Å². The molecule has 27 heavy (non-hydrogen) atoms. The second kappa shape index (κ2) is 8.64. The minimum atomic E-state index is -0.529. The van der Waals surface area contributed by atoms with Crippen molar-refractivity contribution >= 4 is 39.1 Å². The Kier molecular flexibility index (Phi) is 6.03. The van der Waals surface area contributed by atoms with Crippen molar-refractivity contribution in [2.75, 3.05) is 19.5 Å². The number of fused-ring (bicyclic) bond motifs is 1. The number of esters is 1. The smallest absolute Gasteiger partial charge is 0.340 e. The van der Waals surface area contributed by atoms with Gasteiger partial charge in [-0.05, 0) is 43.2 Å². The number of aromatic nitrogens is 1. The Labute approximate surface area is 161 Å². The summed E-state index contributed by atoms with van der Waals surface area (Å²) in [5.41, 5.74) is 1.66. The number of methoxy groups -OCH3 is 2. The van der Waals surface area contributed by atoms with Gasteiger partial charge < -0.3 is 14.8 Å². The highest BCUT2D eigenvalue weighted by molar-refractivity contribution is 7.18. The molecule has 1 amide bonds. The summed E-state index contributed by atoms with van der Waals surface area (Å²) in [6.07, 6.45) is 1.75. The van der Waals surface area contributed by atoms with E-state index in [9.17, 15) is 9.59 Å². The monoisotopic (exact) mass is 384 g/mol. The number of rotatable bonds is 7. The van der Waals surface area contributed by atoms with E-state index in [1.807, 2.05) is 24.3 Å². The first-order chi connectivity index (χ1) is 13.1. The zero-order valence-corrected chi connectivity index (χ0v) is 16.0. The third-order valence-electron chi connectivity index (χ3n) is 4.04. The molecular weight excluding hydrogens is 364 g/mol. The molecule has 3 rings (SSSR count). The molecule has 0 fully saturated rings. The van der Waals surface area contributed by atoms with Crippen LogP contribution >= 0.6 is 11.3 Å². The van der Waals surface area contributed by atoms with Crippen molar-refractivity contribution in [3.63, 3.8) is 0 Å². The Morgan fingerprint density at radius 3 is 2.70 bits per heavy atom. The van der Waals surface area contributed by atoms with Crippen molar-refractivity contribution in [1.29, 1.82) is 0 Å². The van der Waals surface area contributed by atoms with Crippen molar-refractivity contribution in [3.8, 4) is 5.75 Å². The van der Waals surface area contributed by atoms with E-state index in [4.69, 9.17) is 9.47 Å². The Balaban J connectivity index is 1.59. The summed E-state index contributed by atoms with van der Waals surface area (Å²) in [4.78, 5) is 28.8. The molecule has 0 aliphatic rings. The fourth-order valence-corrected chi connectivity index (χ4v) is 3.69. The molecule has 0 saturated heterocycles. The topological polar surface area (TPSA) is 77.5 Å². The second-order valence-electron chi connectivity index (χ2n) is 5.88. The van der Waals surface area contributed by atoms with Gasteiger partial charge in [0.1, 0.15) is 5.75 Å². The van der Waals surface area contributed by atoms with Gasteiger partial charge in [0.2, 0.25) is 5.91 Å². The van der Waals surface area contributed by atoms with Gasteiger partial charge in [0.15, 0.2) is 0 Å². The number of hydrogen-bond donors (Lipinski definition) is 1. The zero-order chi connectivity index (χ0) is 19.2. The lowest BCUT2D eigenvalue weighted by Gasteiger charge is -2.11. The number of carbonyl (C=O) groups excluding carboxylic acids is 2. The number of carbonyl (C=O) groups is 2. The Morgan fingerprint density at radius 1 is 1.15 bits per heavy atom. The lowest BCUT2D eigenvalue weighted by Crippen LogP contribution is -2.15. The molecule has 0 spiro atoms. The van der Waals surface area contributed by atoms with Gasteiger partial charge in [0.05, 0.1) is 40.7 Å². The van der Waals surface area contributed by atoms with Gasteiger partial charge in [0.25, 0.3) is 0 Å². The highest BCUT2D eigenvalue weighted by atomic mass is 32.1. The highest BCUT2D eigenvalue weighted by Gasteiger charge is 2.15. The summed E-state index contributed by atoms with van der Waals surface area (Å²) in [6.45, 7) is 0. The fourth-order valence-electron chi connectivity index (χ4n) is 2.68. The molecule has 0 saturated carbocycles. The maximum atomic E-state index is 12.3. The number of nitrogens with zero attached hydrogens (tertiary/aromatic N) is 1. The Morgan fingerprint density at radius 2 is 1.96 bits per heavy atom. The van der Waals surface area contributed by atoms with Crippen LogP contribution in [0.2, 0.25) is 0 Å². The van der Waals surface area contributed by atoms with Crippen molar-refractivity contribution in [1.82, 2.24) is 4.98 Å². The van der Waals surface area contributed by atoms with Crippen LogP contribution in [0.3, 0.4) is 0 Å². The van der Waals surface area contributed by atoms with Gasteiger partial charge in [-0.1, -0.05) is 12.1 Å². The first-order valence-corrected chi connectivity index (χ1v) is 9.33. The molecule has 1 N–H and O–H groups in total. The molecule has 0 aliphatic carbocycles. The average Bonchev–Trinajstić information content (AvgIpc) is 3.10. The van der Waals surface area contributed by atoms with Crippen LogP contribution < -0.4 is 10.1 Å². The minimum absolute atomic E-state index is 0.161. The van der Waals surface area contributed by atoms with Gasteiger partial charge in [-0.2, -0.15) is 0 Å². The molecule has 0 bridgehead atoms. The van der Waals surface area contributed by atoms with Crippen molar-refractivity contribution < 1.29 is 19.1 Å². The largest absolute Gasteiger partial charge is 0.497 e. The first kappa shape index (κ1) is 18.8. The maximum absolute atomic E-state index is 12.3. The molecular formula is C20H20N2O4S. The number of para-hydroxylation sites is 1. The lowest BCUT2D eigenvalue weighted by atomic mass is 10.1. The number of ether oxygens (including phenoxy) is 2. The van der Waals surface area contributed by atoms with E-state index < -0.39 is 5.97 Å². The van der Waals surface area contributed by atoms with Crippen molar-refractivity contribution in [2.24, 2.45) is 0 Å². The third-order valence-corrected chi connectivity index (χ3v) is 5.13. The summed E-state index contributed by atoms with van der Waals surface area (Å²) >= 11 is 1.65. The minimum Gasteiger partial charge on any atom is -0.497 e. The lowest BCUT2D eigenvalue weighted by molar-refractivity contribution is -0.116. The number of amides is 1. The predicted molar refractivity (Wildman–Crippen MR) is 106 cm³/mol. The van der Waals surface area contributed by atoms with Crippen LogP contribution in [-0.4, -0.2) is 31.1 Å². The summed E-state index contributed by atoms with van der Waals surface area (Å²) in [7, 11) is 2.81. The van der Waals surface area contributed by atoms with E-state index >= 15 is 0 Å². The van der Waals surface area contributed by atoms with Crippen LogP contribution in [0.5, 0.6) is 5.75 Å². The van der Waals surface area contributed by atoms with Crippen LogP contribution in [0.1, 0.15) is 28.2 Å². The average molecular weight is 384 g/mol. The fraction of sp³-hybridized carbons (Fsp3) is 0.250. The van der Waals surface area contributed by atoms with Crippen LogP contribution in [0.15, 0.2) is 42.5 Å². The van der Waals surface area contributed by atoms with Crippen LogP contribution in [0.4, 0.5) is 5.69 Å². The number of thiazole rings is 1. The number of benzene rings is 2. The van der Waals surface area contributed by atoms with E-state index in [1.54, 1.807) is 29.5 Å². The number of anilines is 1. The Bertz CT molecular complexity index is 935. The summed E-state index contributed by atoms with van der Waals surface area (Å²) in [5.74, 6) is -0.172. The number of hydrogen-bond acceptors (Lipinski definition) is 6. The third kappa shape index (κ3) is 4.62. The van der Waals surface area contributed by atoms with E-state index in [-0.39, 0.29) is 11.5 Å². The molecule has 1 heterocycles. The van der Waals surface area contributed by atoms with E-state index in [0.29, 0.717) is 24.3 Å². The summed E-state index contributed by atoms with van der Waals surface area (Å²) in [6, 6.07) is 12.8.